The summed E-state index contributed by atoms with van der Waals surface area (Å²) in [5, 5.41) is 0. The summed E-state index contributed by atoms with van der Waals surface area (Å²) >= 11 is 0. The molecule has 1 saturated carbocycles. The number of rotatable bonds is 1. The summed E-state index contributed by atoms with van der Waals surface area (Å²) in [7, 11) is 0. The van der Waals surface area contributed by atoms with Crippen LogP contribution in [0.2, 0.25) is 0 Å². The first-order valence-corrected chi connectivity index (χ1v) is 7.90. The van der Waals surface area contributed by atoms with E-state index in [0.29, 0.717) is 0 Å². The average molecular weight is 279 g/mol. The van der Waals surface area contributed by atoms with Gasteiger partial charge in [-0.05, 0) is 48.9 Å². The zero-order chi connectivity index (χ0) is 14.3. The van der Waals surface area contributed by atoms with Gasteiger partial charge in [0.15, 0.2) is 0 Å². The molecule has 0 radical (unpaired) electrons. The van der Waals surface area contributed by atoms with Crippen LogP contribution in [0.25, 0.3) is 11.1 Å². The predicted molar refractivity (Wildman–Crippen MR) is 85.3 cm³/mol. The zero-order valence-electron chi connectivity index (χ0n) is 12.2. The van der Waals surface area contributed by atoms with Crippen LogP contribution in [0, 0.1) is 0 Å². The molecule has 0 bridgehead atoms. The van der Waals surface area contributed by atoms with Gasteiger partial charge in [-0.15, -0.1) is 0 Å². The van der Waals surface area contributed by atoms with Crippen LogP contribution < -0.4 is 10.5 Å². The lowest BCUT2D eigenvalue weighted by Gasteiger charge is -2.39. The van der Waals surface area contributed by atoms with Gasteiger partial charge in [0.1, 0.15) is 11.4 Å². The first-order valence-electron chi connectivity index (χ1n) is 7.90. The summed E-state index contributed by atoms with van der Waals surface area (Å²) in [4.78, 5) is 0. The van der Waals surface area contributed by atoms with Gasteiger partial charge in [-0.1, -0.05) is 36.4 Å². The number of hydrogen-bond acceptors (Lipinski definition) is 2. The van der Waals surface area contributed by atoms with Gasteiger partial charge in [-0.25, -0.2) is 0 Å². The molecule has 1 heterocycles. The molecular formula is C19H21NO. The molecule has 1 fully saturated rings. The highest BCUT2D eigenvalue weighted by atomic mass is 16.5. The smallest absolute Gasteiger partial charge is 0.124 e. The van der Waals surface area contributed by atoms with Gasteiger partial charge in [0, 0.05) is 18.0 Å². The van der Waals surface area contributed by atoms with E-state index >= 15 is 0 Å². The maximum atomic E-state index is 6.47. The van der Waals surface area contributed by atoms with Crippen molar-refractivity contribution in [1.82, 2.24) is 0 Å². The van der Waals surface area contributed by atoms with E-state index in [0.717, 1.165) is 30.6 Å². The SMILES string of the molecule is NC1CC2(CCCC2)Oc2ccc(-c3ccccc3)cc21. The average Bonchev–Trinajstić information content (AvgIpc) is 2.95. The van der Waals surface area contributed by atoms with Crippen molar-refractivity contribution in [2.24, 2.45) is 5.73 Å². The Bertz CT molecular complexity index is 644. The maximum absolute atomic E-state index is 6.47. The molecule has 2 aromatic carbocycles. The molecule has 2 N–H and O–H groups in total. The van der Waals surface area contributed by atoms with Crippen molar-refractivity contribution < 1.29 is 4.74 Å². The number of hydrogen-bond donors (Lipinski definition) is 1. The molecule has 1 spiro atoms. The number of fused-ring (bicyclic) bond motifs is 1. The fraction of sp³-hybridized carbons (Fsp3) is 0.368. The van der Waals surface area contributed by atoms with E-state index in [1.165, 1.54) is 24.0 Å². The highest BCUT2D eigenvalue weighted by molar-refractivity contribution is 5.66. The van der Waals surface area contributed by atoms with Gasteiger partial charge in [-0.2, -0.15) is 0 Å². The Hall–Kier alpha value is -1.80. The van der Waals surface area contributed by atoms with E-state index in [-0.39, 0.29) is 11.6 Å². The highest BCUT2D eigenvalue weighted by Crippen LogP contribution is 2.47. The Morgan fingerprint density at radius 2 is 1.71 bits per heavy atom. The Labute approximate surface area is 125 Å². The molecule has 2 aliphatic rings. The molecule has 1 aliphatic heterocycles. The Morgan fingerprint density at radius 1 is 0.952 bits per heavy atom. The van der Waals surface area contributed by atoms with Crippen molar-refractivity contribution in [3.05, 3.63) is 54.1 Å². The number of benzene rings is 2. The van der Waals surface area contributed by atoms with Crippen molar-refractivity contribution >= 4 is 0 Å². The van der Waals surface area contributed by atoms with Gasteiger partial charge in [0.2, 0.25) is 0 Å². The van der Waals surface area contributed by atoms with Gasteiger partial charge in [0.25, 0.3) is 0 Å². The van der Waals surface area contributed by atoms with Gasteiger partial charge in [-0.3, -0.25) is 0 Å². The molecule has 0 saturated heterocycles. The highest BCUT2D eigenvalue weighted by Gasteiger charge is 2.42. The third kappa shape index (κ3) is 2.24. The van der Waals surface area contributed by atoms with Gasteiger partial charge >= 0.3 is 0 Å². The van der Waals surface area contributed by atoms with Crippen LogP contribution in [0.1, 0.15) is 43.7 Å². The van der Waals surface area contributed by atoms with E-state index < -0.39 is 0 Å². The number of nitrogens with two attached hydrogens (primary N) is 1. The predicted octanol–water partition coefficient (Wildman–Crippen LogP) is 4.45. The molecule has 108 valence electrons. The van der Waals surface area contributed by atoms with Gasteiger partial charge in [0.05, 0.1) is 0 Å². The van der Waals surface area contributed by atoms with E-state index in [1.807, 2.05) is 6.07 Å². The standard InChI is InChI=1S/C19H21NO/c20-17-13-19(10-4-5-11-19)21-18-9-8-15(12-16(17)18)14-6-2-1-3-7-14/h1-3,6-9,12,17H,4-5,10-11,13,20H2. The summed E-state index contributed by atoms with van der Waals surface area (Å²) < 4.78 is 6.36. The first-order chi connectivity index (χ1) is 10.3. The second-order valence-corrected chi connectivity index (χ2v) is 6.42. The lowest BCUT2D eigenvalue weighted by atomic mass is 9.85. The summed E-state index contributed by atoms with van der Waals surface area (Å²) in [6.07, 6.45) is 5.80. The fourth-order valence-electron chi connectivity index (χ4n) is 3.85. The molecular weight excluding hydrogens is 258 g/mol. The van der Waals surface area contributed by atoms with Gasteiger partial charge < -0.3 is 10.5 Å². The molecule has 2 heteroatoms. The number of ether oxygens (including phenoxy) is 1. The zero-order valence-corrected chi connectivity index (χ0v) is 12.2. The molecule has 21 heavy (non-hydrogen) atoms. The monoisotopic (exact) mass is 279 g/mol. The van der Waals surface area contributed by atoms with Crippen molar-refractivity contribution in [1.29, 1.82) is 0 Å². The minimum Gasteiger partial charge on any atom is -0.487 e. The van der Waals surface area contributed by atoms with Crippen LogP contribution in [0.3, 0.4) is 0 Å². The molecule has 1 atom stereocenters. The maximum Gasteiger partial charge on any atom is 0.124 e. The first kappa shape index (κ1) is 12.9. The van der Waals surface area contributed by atoms with Crippen LogP contribution in [-0.2, 0) is 0 Å². The summed E-state index contributed by atoms with van der Waals surface area (Å²) in [5.74, 6) is 0.996. The minimum atomic E-state index is 0.0146. The molecule has 2 nitrogen and oxygen atoms in total. The van der Waals surface area contributed by atoms with Crippen LogP contribution in [0.5, 0.6) is 5.75 Å². The van der Waals surface area contributed by atoms with Crippen LogP contribution in [-0.4, -0.2) is 5.60 Å². The second kappa shape index (κ2) is 4.88. The normalized spacial score (nSPS) is 22.8. The van der Waals surface area contributed by atoms with Crippen LogP contribution in [0.15, 0.2) is 48.5 Å². The fourth-order valence-corrected chi connectivity index (χ4v) is 3.85. The molecule has 2 aromatic rings. The second-order valence-electron chi connectivity index (χ2n) is 6.42. The van der Waals surface area contributed by atoms with E-state index in [4.69, 9.17) is 10.5 Å². The molecule has 1 unspecified atom stereocenters. The van der Waals surface area contributed by atoms with Crippen molar-refractivity contribution in [3.63, 3.8) is 0 Å². The quantitative estimate of drug-likeness (QED) is 0.837. The Kier molecular flexibility index (Phi) is 3.00. The minimum absolute atomic E-state index is 0.0146. The third-order valence-electron chi connectivity index (χ3n) is 4.95. The van der Waals surface area contributed by atoms with Crippen molar-refractivity contribution in [2.45, 2.75) is 43.7 Å². The van der Waals surface area contributed by atoms with Crippen LogP contribution >= 0.6 is 0 Å². The molecule has 4 rings (SSSR count). The lowest BCUT2D eigenvalue weighted by molar-refractivity contribution is 0.0427. The summed E-state index contributed by atoms with van der Waals surface area (Å²) in [6, 6.07) is 17.0. The van der Waals surface area contributed by atoms with E-state index in [1.54, 1.807) is 0 Å². The van der Waals surface area contributed by atoms with Crippen LogP contribution in [0.4, 0.5) is 0 Å². The lowest BCUT2D eigenvalue weighted by Crippen LogP contribution is -2.40. The largest absolute Gasteiger partial charge is 0.487 e. The Morgan fingerprint density at radius 3 is 2.48 bits per heavy atom. The van der Waals surface area contributed by atoms with Crippen molar-refractivity contribution in [3.8, 4) is 16.9 Å². The van der Waals surface area contributed by atoms with Crippen molar-refractivity contribution in [2.75, 3.05) is 0 Å². The van der Waals surface area contributed by atoms with E-state index in [9.17, 15) is 0 Å². The Balaban J connectivity index is 1.72. The van der Waals surface area contributed by atoms with E-state index in [2.05, 4.69) is 42.5 Å². The topological polar surface area (TPSA) is 35.2 Å². The summed E-state index contributed by atoms with van der Waals surface area (Å²) in [6.45, 7) is 0. The molecule has 0 aromatic heterocycles. The third-order valence-corrected chi connectivity index (χ3v) is 4.95. The molecule has 1 aliphatic carbocycles. The molecule has 0 amide bonds. The summed E-state index contributed by atoms with van der Waals surface area (Å²) in [5.41, 5.74) is 10.1.